The van der Waals surface area contributed by atoms with Gasteiger partial charge in [0.15, 0.2) is 0 Å². The first-order chi connectivity index (χ1) is 15.0. The first kappa shape index (κ1) is 21.3. The second-order valence-corrected chi connectivity index (χ2v) is 9.50. The highest BCUT2D eigenvalue weighted by Crippen LogP contribution is 2.23. The molecular formula is C24H26N2O4S. The molecule has 4 rings (SSSR count). The van der Waals surface area contributed by atoms with Crippen molar-refractivity contribution in [3.63, 3.8) is 0 Å². The molecule has 0 spiro atoms. The molecule has 0 unspecified atom stereocenters. The number of sulfonamides is 1. The molecule has 0 N–H and O–H groups in total. The molecule has 162 valence electrons. The number of piperazine rings is 1. The largest absolute Gasteiger partial charge is 0.494 e. The Morgan fingerprint density at radius 3 is 2.26 bits per heavy atom. The van der Waals surface area contributed by atoms with Gasteiger partial charge in [-0.3, -0.25) is 4.79 Å². The maximum absolute atomic E-state index is 13.1. The van der Waals surface area contributed by atoms with Crippen LogP contribution >= 0.6 is 0 Å². The lowest BCUT2D eigenvalue weighted by Crippen LogP contribution is -2.50. The number of hydrogen-bond donors (Lipinski definition) is 0. The zero-order valence-electron chi connectivity index (χ0n) is 17.3. The monoisotopic (exact) mass is 438 g/mol. The van der Waals surface area contributed by atoms with Crippen LogP contribution in [0.15, 0.2) is 77.7 Å². The Hall–Kier alpha value is -2.90. The van der Waals surface area contributed by atoms with Gasteiger partial charge < -0.3 is 9.64 Å². The summed E-state index contributed by atoms with van der Waals surface area (Å²) in [5, 5.41) is 1.91. The van der Waals surface area contributed by atoms with E-state index in [1.165, 1.54) is 4.31 Å². The Morgan fingerprint density at radius 2 is 1.52 bits per heavy atom. The van der Waals surface area contributed by atoms with E-state index < -0.39 is 10.0 Å². The second-order valence-electron chi connectivity index (χ2n) is 7.56. The minimum Gasteiger partial charge on any atom is -0.494 e. The molecule has 0 aliphatic carbocycles. The fourth-order valence-electron chi connectivity index (χ4n) is 3.74. The van der Waals surface area contributed by atoms with Crippen LogP contribution in [0.2, 0.25) is 0 Å². The summed E-state index contributed by atoms with van der Waals surface area (Å²) in [4.78, 5) is 14.5. The summed E-state index contributed by atoms with van der Waals surface area (Å²) in [6.45, 7) is 1.91. The zero-order chi connectivity index (χ0) is 21.7. The van der Waals surface area contributed by atoms with Gasteiger partial charge >= 0.3 is 0 Å². The van der Waals surface area contributed by atoms with E-state index in [4.69, 9.17) is 4.74 Å². The van der Waals surface area contributed by atoms with E-state index in [0.717, 1.165) is 16.5 Å². The molecule has 31 heavy (non-hydrogen) atoms. The van der Waals surface area contributed by atoms with Crippen LogP contribution in [-0.4, -0.2) is 56.3 Å². The Labute approximate surface area is 183 Å². The first-order valence-corrected chi connectivity index (χ1v) is 11.9. The second kappa shape index (κ2) is 9.49. The molecule has 3 aromatic carbocycles. The molecule has 0 bridgehead atoms. The van der Waals surface area contributed by atoms with Crippen LogP contribution in [0.4, 0.5) is 0 Å². The highest BCUT2D eigenvalue weighted by atomic mass is 32.2. The van der Waals surface area contributed by atoms with Crippen molar-refractivity contribution in [1.29, 1.82) is 0 Å². The molecule has 1 saturated heterocycles. The first-order valence-electron chi connectivity index (χ1n) is 10.5. The van der Waals surface area contributed by atoms with Crippen molar-refractivity contribution in [3.8, 4) is 5.75 Å². The van der Waals surface area contributed by atoms with Crippen molar-refractivity contribution in [3.05, 3.63) is 72.8 Å². The van der Waals surface area contributed by atoms with Gasteiger partial charge in [-0.25, -0.2) is 8.42 Å². The maximum atomic E-state index is 13.1. The average Bonchev–Trinajstić information content (AvgIpc) is 2.82. The summed E-state index contributed by atoms with van der Waals surface area (Å²) in [6.07, 6.45) is 1.02. The van der Waals surface area contributed by atoms with Gasteiger partial charge in [0.25, 0.3) is 0 Å². The number of ether oxygens (including phenoxy) is 1. The van der Waals surface area contributed by atoms with E-state index in [1.807, 2.05) is 60.7 Å². The van der Waals surface area contributed by atoms with Crippen LogP contribution in [0.25, 0.3) is 10.8 Å². The maximum Gasteiger partial charge on any atom is 0.243 e. The van der Waals surface area contributed by atoms with E-state index in [1.54, 1.807) is 17.0 Å². The Balaban J connectivity index is 1.28. The third-order valence-electron chi connectivity index (χ3n) is 5.50. The molecule has 0 radical (unpaired) electrons. The van der Waals surface area contributed by atoms with Gasteiger partial charge in [-0.2, -0.15) is 4.31 Å². The fourth-order valence-corrected chi connectivity index (χ4v) is 5.20. The van der Waals surface area contributed by atoms with Crippen molar-refractivity contribution in [2.45, 2.75) is 17.7 Å². The van der Waals surface area contributed by atoms with Gasteiger partial charge in [-0.1, -0.05) is 48.5 Å². The van der Waals surface area contributed by atoms with Gasteiger partial charge in [-0.05, 0) is 41.5 Å². The van der Waals surface area contributed by atoms with Gasteiger partial charge in [0.05, 0.1) is 11.5 Å². The lowest BCUT2D eigenvalue weighted by Gasteiger charge is -2.34. The minimum atomic E-state index is -3.58. The molecule has 1 aliphatic heterocycles. The van der Waals surface area contributed by atoms with Crippen LogP contribution in [0, 0.1) is 0 Å². The van der Waals surface area contributed by atoms with E-state index >= 15 is 0 Å². The van der Waals surface area contributed by atoms with Crippen molar-refractivity contribution in [1.82, 2.24) is 9.21 Å². The number of carbonyl (C=O) groups excluding carboxylic acids is 1. The molecule has 0 saturated carbocycles. The number of para-hydroxylation sites is 1. The third kappa shape index (κ3) is 5.06. The van der Waals surface area contributed by atoms with Crippen LogP contribution in [0.1, 0.15) is 12.8 Å². The number of benzene rings is 3. The topological polar surface area (TPSA) is 66.9 Å². The number of carbonyl (C=O) groups is 1. The van der Waals surface area contributed by atoms with Crippen molar-refractivity contribution in [2.75, 3.05) is 32.8 Å². The average molecular weight is 439 g/mol. The smallest absolute Gasteiger partial charge is 0.243 e. The Bertz CT molecular complexity index is 1140. The molecule has 3 aromatic rings. The zero-order valence-corrected chi connectivity index (χ0v) is 18.1. The molecule has 0 atom stereocenters. The van der Waals surface area contributed by atoms with Crippen molar-refractivity contribution < 1.29 is 17.9 Å². The SMILES string of the molecule is O=C(CCCOc1ccccc1)N1CCN(S(=O)(=O)c2ccc3ccccc3c2)CC1. The van der Waals surface area contributed by atoms with E-state index in [2.05, 4.69) is 0 Å². The highest BCUT2D eigenvalue weighted by Gasteiger charge is 2.30. The molecule has 1 aliphatic rings. The molecule has 1 amide bonds. The lowest BCUT2D eigenvalue weighted by molar-refractivity contribution is -0.132. The van der Waals surface area contributed by atoms with Crippen molar-refractivity contribution >= 4 is 26.7 Å². The summed E-state index contributed by atoms with van der Waals surface area (Å²) < 4.78 is 33.2. The van der Waals surface area contributed by atoms with E-state index in [9.17, 15) is 13.2 Å². The predicted molar refractivity (Wildman–Crippen MR) is 120 cm³/mol. The number of rotatable bonds is 7. The third-order valence-corrected chi connectivity index (χ3v) is 7.39. The molecule has 6 nitrogen and oxygen atoms in total. The van der Waals surface area contributed by atoms with Crippen molar-refractivity contribution in [2.24, 2.45) is 0 Å². The van der Waals surface area contributed by atoms with Gasteiger partial charge in [-0.15, -0.1) is 0 Å². The van der Waals surface area contributed by atoms with Crippen LogP contribution in [0.5, 0.6) is 5.75 Å². The van der Waals surface area contributed by atoms with Crippen LogP contribution in [0.3, 0.4) is 0 Å². The summed E-state index contributed by atoms with van der Waals surface area (Å²) >= 11 is 0. The quantitative estimate of drug-likeness (QED) is 0.530. The standard InChI is InChI=1S/C24H26N2O4S/c27-24(11-6-18-30-22-9-2-1-3-10-22)25-14-16-26(17-15-25)31(28,29)23-13-12-20-7-4-5-8-21(20)19-23/h1-5,7-10,12-13,19H,6,11,14-18H2. The molecule has 0 aromatic heterocycles. The molecular weight excluding hydrogens is 412 g/mol. The number of fused-ring (bicyclic) bond motifs is 1. The predicted octanol–water partition coefficient (Wildman–Crippen LogP) is 3.53. The Morgan fingerprint density at radius 1 is 0.839 bits per heavy atom. The van der Waals surface area contributed by atoms with Crippen LogP contribution in [-0.2, 0) is 14.8 Å². The van der Waals surface area contributed by atoms with Gasteiger partial charge in [0.1, 0.15) is 5.75 Å². The number of nitrogens with zero attached hydrogens (tertiary/aromatic N) is 2. The summed E-state index contributed by atoms with van der Waals surface area (Å²) in [5.41, 5.74) is 0. The van der Waals surface area contributed by atoms with Crippen LogP contribution < -0.4 is 4.74 Å². The molecule has 7 heteroatoms. The Kier molecular flexibility index (Phi) is 6.53. The lowest BCUT2D eigenvalue weighted by atomic mass is 10.1. The number of amides is 1. The molecule has 1 heterocycles. The molecule has 1 fully saturated rings. The number of hydrogen-bond acceptors (Lipinski definition) is 4. The highest BCUT2D eigenvalue weighted by molar-refractivity contribution is 7.89. The van der Waals surface area contributed by atoms with Gasteiger partial charge in [0.2, 0.25) is 15.9 Å². The summed E-state index contributed by atoms with van der Waals surface area (Å²) in [5.74, 6) is 0.835. The van der Waals surface area contributed by atoms with E-state index in [-0.39, 0.29) is 5.91 Å². The summed E-state index contributed by atoms with van der Waals surface area (Å²) in [7, 11) is -3.58. The van der Waals surface area contributed by atoms with E-state index in [0.29, 0.717) is 50.5 Å². The fraction of sp³-hybridized carbons (Fsp3) is 0.292. The van der Waals surface area contributed by atoms with Gasteiger partial charge in [0, 0.05) is 32.6 Å². The normalized spacial score (nSPS) is 15.2. The minimum absolute atomic E-state index is 0.0411. The summed E-state index contributed by atoms with van der Waals surface area (Å²) in [6, 6.07) is 22.4.